The van der Waals surface area contributed by atoms with Crippen LogP contribution in [0.25, 0.3) is 0 Å². The van der Waals surface area contributed by atoms with Gasteiger partial charge in [0.1, 0.15) is 12.1 Å². The third-order valence-electron chi connectivity index (χ3n) is 5.48. The van der Waals surface area contributed by atoms with Crippen LogP contribution in [0.1, 0.15) is 39.2 Å². The van der Waals surface area contributed by atoms with Gasteiger partial charge in [0.2, 0.25) is 11.5 Å². The molecule has 9 nitrogen and oxygen atoms in total. The number of amides is 2. The summed E-state index contributed by atoms with van der Waals surface area (Å²) in [5, 5.41) is 22.8. The van der Waals surface area contributed by atoms with E-state index in [1.165, 1.54) is 18.7 Å². The number of nitrogens with one attached hydrogen (secondary N) is 1. The lowest BCUT2D eigenvalue weighted by Crippen LogP contribution is -2.62. The van der Waals surface area contributed by atoms with Crippen molar-refractivity contribution in [3.8, 4) is 0 Å². The molecule has 1 aromatic rings. The van der Waals surface area contributed by atoms with E-state index in [1.54, 1.807) is 37.3 Å². The number of carboxylic acids is 1. The second kappa shape index (κ2) is 10.4. The predicted molar refractivity (Wildman–Crippen MR) is 111 cm³/mol. The van der Waals surface area contributed by atoms with Gasteiger partial charge in [0.25, 0.3) is 5.91 Å². The molecule has 0 unspecified atom stereocenters. The van der Waals surface area contributed by atoms with E-state index in [1.807, 2.05) is 0 Å². The Bertz CT molecular complexity index is 811. The second-order valence-corrected chi connectivity index (χ2v) is 7.89. The van der Waals surface area contributed by atoms with Crippen molar-refractivity contribution in [1.82, 2.24) is 10.2 Å². The molecule has 170 valence electrons. The fraction of sp³-hybridized carbons (Fsp3) is 0.545. The number of ether oxygens (including phenoxy) is 1. The minimum atomic E-state index is -2.48. The van der Waals surface area contributed by atoms with Gasteiger partial charge in [-0.05, 0) is 25.3 Å². The number of carbonyl (C=O) groups is 4. The molecule has 0 bridgehead atoms. The van der Waals surface area contributed by atoms with Crippen LogP contribution in [0, 0.1) is 5.92 Å². The Morgan fingerprint density at radius 3 is 2.42 bits per heavy atom. The van der Waals surface area contributed by atoms with Gasteiger partial charge >= 0.3 is 11.9 Å². The molecule has 0 aliphatic carbocycles. The van der Waals surface area contributed by atoms with Crippen molar-refractivity contribution in [1.29, 1.82) is 0 Å². The minimum absolute atomic E-state index is 0.0262. The largest absolute Gasteiger partial charge is 0.480 e. The molecule has 0 aromatic heterocycles. The van der Waals surface area contributed by atoms with E-state index in [9.17, 15) is 29.4 Å². The summed E-state index contributed by atoms with van der Waals surface area (Å²) in [7, 11) is 0. The molecular weight excluding hydrogens is 404 g/mol. The highest BCUT2D eigenvalue weighted by Crippen LogP contribution is 2.22. The lowest BCUT2D eigenvalue weighted by Gasteiger charge is -2.32. The topological polar surface area (TPSA) is 133 Å². The normalized spacial score (nSPS) is 18.9. The van der Waals surface area contributed by atoms with Crippen molar-refractivity contribution < 1.29 is 34.1 Å². The monoisotopic (exact) mass is 434 g/mol. The van der Waals surface area contributed by atoms with Gasteiger partial charge in [-0.2, -0.15) is 0 Å². The lowest BCUT2D eigenvalue weighted by atomic mass is 9.88. The summed E-state index contributed by atoms with van der Waals surface area (Å²) in [6.45, 7) is 4.76. The first-order valence-corrected chi connectivity index (χ1v) is 10.4. The average molecular weight is 434 g/mol. The van der Waals surface area contributed by atoms with Crippen LogP contribution in [0.5, 0.6) is 0 Å². The van der Waals surface area contributed by atoms with Gasteiger partial charge in [0.05, 0.1) is 6.61 Å². The van der Waals surface area contributed by atoms with Gasteiger partial charge in [0.15, 0.2) is 0 Å². The number of carbonyl (C=O) groups excluding carboxylic acids is 3. The summed E-state index contributed by atoms with van der Waals surface area (Å²) in [5.74, 6) is -4.66. The first-order valence-electron chi connectivity index (χ1n) is 10.4. The number of esters is 1. The van der Waals surface area contributed by atoms with Crippen LogP contribution < -0.4 is 5.32 Å². The Balaban J connectivity index is 2.33. The summed E-state index contributed by atoms with van der Waals surface area (Å²) < 4.78 is 4.88. The number of hydrogen-bond acceptors (Lipinski definition) is 6. The quantitative estimate of drug-likeness (QED) is 0.386. The number of hydrogen-bond donors (Lipinski definition) is 3. The summed E-state index contributed by atoms with van der Waals surface area (Å²) in [5.41, 5.74) is -1.75. The first kappa shape index (κ1) is 24.3. The Morgan fingerprint density at radius 1 is 1.23 bits per heavy atom. The van der Waals surface area contributed by atoms with E-state index >= 15 is 0 Å². The van der Waals surface area contributed by atoms with E-state index in [0.717, 1.165) is 5.56 Å². The molecule has 2 amide bonds. The molecule has 1 saturated heterocycles. The third kappa shape index (κ3) is 5.41. The van der Waals surface area contributed by atoms with Crippen LogP contribution >= 0.6 is 0 Å². The highest BCUT2D eigenvalue weighted by Gasteiger charge is 2.50. The number of benzene rings is 1. The molecular formula is C22H30N2O7. The fourth-order valence-corrected chi connectivity index (χ4v) is 3.64. The number of carboxylic acid groups (broad SMARTS) is 1. The van der Waals surface area contributed by atoms with Crippen molar-refractivity contribution in [2.75, 3.05) is 13.2 Å². The molecule has 1 aliphatic heterocycles. The smallest absolute Gasteiger partial charge is 0.348 e. The maximum absolute atomic E-state index is 13.2. The SMILES string of the molecule is CCOC(=O)[C@](O)(C(=O)N[C@@H](Cc1ccccc1)C(=O)N1CCC[C@H]1C(=O)O)C(C)C. The van der Waals surface area contributed by atoms with Crippen molar-refractivity contribution in [3.63, 3.8) is 0 Å². The van der Waals surface area contributed by atoms with E-state index in [-0.39, 0.29) is 19.6 Å². The standard InChI is InChI=1S/C22H30N2O7/c1-4-31-21(29)22(30,14(2)3)20(28)23-16(13-15-9-6-5-7-10-15)18(25)24-12-8-11-17(24)19(26)27/h5-7,9-10,14,16-17,30H,4,8,11-13H2,1-3H3,(H,23,28)(H,26,27)/t16-,17-,22+/m0/s1. The van der Waals surface area contributed by atoms with Gasteiger partial charge in [0, 0.05) is 18.9 Å². The van der Waals surface area contributed by atoms with Crippen LogP contribution in [0.4, 0.5) is 0 Å². The van der Waals surface area contributed by atoms with Crippen LogP contribution in [-0.2, 0) is 30.3 Å². The molecule has 1 aliphatic rings. The van der Waals surface area contributed by atoms with Crippen LogP contribution in [0.15, 0.2) is 30.3 Å². The summed E-state index contributed by atoms with van der Waals surface area (Å²) in [6, 6.07) is 6.76. The summed E-state index contributed by atoms with van der Waals surface area (Å²) >= 11 is 0. The first-order chi connectivity index (χ1) is 14.6. The highest BCUT2D eigenvalue weighted by atomic mass is 16.6. The van der Waals surface area contributed by atoms with Crippen LogP contribution in [0.3, 0.4) is 0 Å². The summed E-state index contributed by atoms with van der Waals surface area (Å²) in [4.78, 5) is 51.4. The number of aliphatic carboxylic acids is 1. The zero-order chi connectivity index (χ0) is 23.2. The molecule has 0 spiro atoms. The number of likely N-dealkylation sites (tertiary alicyclic amines) is 1. The average Bonchev–Trinajstić information content (AvgIpc) is 3.23. The fourth-order valence-electron chi connectivity index (χ4n) is 3.64. The predicted octanol–water partition coefficient (Wildman–Crippen LogP) is 0.740. The van der Waals surface area contributed by atoms with Gasteiger partial charge in [-0.15, -0.1) is 0 Å². The van der Waals surface area contributed by atoms with E-state index < -0.39 is 47.4 Å². The lowest BCUT2D eigenvalue weighted by molar-refractivity contribution is -0.177. The third-order valence-corrected chi connectivity index (χ3v) is 5.48. The molecule has 1 heterocycles. The number of aliphatic hydroxyl groups is 1. The van der Waals surface area contributed by atoms with Gasteiger partial charge in [-0.1, -0.05) is 44.2 Å². The number of nitrogens with zero attached hydrogens (tertiary/aromatic N) is 1. The molecule has 1 aromatic carbocycles. The molecule has 3 N–H and O–H groups in total. The Morgan fingerprint density at radius 2 is 1.87 bits per heavy atom. The Kier molecular flexibility index (Phi) is 8.15. The zero-order valence-corrected chi connectivity index (χ0v) is 18.0. The second-order valence-electron chi connectivity index (χ2n) is 7.89. The molecule has 2 rings (SSSR count). The van der Waals surface area contributed by atoms with Crippen molar-refractivity contribution in [2.45, 2.75) is 57.7 Å². The van der Waals surface area contributed by atoms with Crippen molar-refractivity contribution in [3.05, 3.63) is 35.9 Å². The van der Waals surface area contributed by atoms with E-state index in [0.29, 0.717) is 12.8 Å². The number of rotatable bonds is 9. The zero-order valence-electron chi connectivity index (χ0n) is 18.0. The van der Waals surface area contributed by atoms with E-state index in [2.05, 4.69) is 5.32 Å². The van der Waals surface area contributed by atoms with Crippen molar-refractivity contribution >= 4 is 23.8 Å². The van der Waals surface area contributed by atoms with Crippen LogP contribution in [0.2, 0.25) is 0 Å². The van der Waals surface area contributed by atoms with Crippen LogP contribution in [-0.4, -0.2) is 69.7 Å². The van der Waals surface area contributed by atoms with E-state index in [4.69, 9.17) is 4.74 Å². The maximum atomic E-state index is 13.2. The van der Waals surface area contributed by atoms with Gasteiger partial charge in [-0.25, -0.2) is 9.59 Å². The molecule has 3 atom stereocenters. The minimum Gasteiger partial charge on any atom is -0.480 e. The molecule has 0 radical (unpaired) electrons. The Hall–Kier alpha value is -2.94. The molecule has 1 fully saturated rings. The molecule has 31 heavy (non-hydrogen) atoms. The summed E-state index contributed by atoms with van der Waals surface area (Å²) in [6.07, 6.45) is 0.935. The van der Waals surface area contributed by atoms with Gasteiger partial charge in [-0.3, -0.25) is 9.59 Å². The molecule has 9 heteroatoms. The molecule has 0 saturated carbocycles. The maximum Gasteiger partial charge on any atom is 0.348 e. The van der Waals surface area contributed by atoms with Crippen molar-refractivity contribution in [2.24, 2.45) is 5.92 Å². The highest BCUT2D eigenvalue weighted by molar-refractivity contribution is 6.07. The van der Waals surface area contributed by atoms with Gasteiger partial charge < -0.3 is 25.2 Å². The Labute approximate surface area is 181 Å².